The third-order valence-corrected chi connectivity index (χ3v) is 4.23. The molecule has 0 aliphatic carbocycles. The van der Waals surface area contributed by atoms with Crippen LogP contribution in [0.4, 0.5) is 0 Å². The number of hydrogen-bond donors (Lipinski definition) is 1. The summed E-state index contributed by atoms with van der Waals surface area (Å²) in [4.78, 5) is 0. The Morgan fingerprint density at radius 2 is 1.65 bits per heavy atom. The van der Waals surface area contributed by atoms with Crippen LogP contribution in [0.5, 0.6) is 0 Å². The summed E-state index contributed by atoms with van der Waals surface area (Å²) in [6.45, 7) is 11.3. The highest BCUT2D eigenvalue weighted by atomic mass is 16.5. The van der Waals surface area contributed by atoms with Gasteiger partial charge in [-0.1, -0.05) is 27.7 Å². The van der Waals surface area contributed by atoms with Crippen molar-refractivity contribution in [1.29, 1.82) is 0 Å². The highest BCUT2D eigenvalue weighted by Crippen LogP contribution is 2.42. The Morgan fingerprint density at radius 1 is 1.00 bits per heavy atom. The molecule has 0 aromatic rings. The molecular weight excluding hydrogens is 210 g/mol. The fraction of sp³-hybridized carbons (Fsp3) is 0.867. The van der Waals surface area contributed by atoms with Gasteiger partial charge in [0.1, 0.15) is 5.60 Å². The minimum atomic E-state index is 0.156. The molecule has 2 heteroatoms. The van der Waals surface area contributed by atoms with Gasteiger partial charge in [-0.15, -0.1) is 0 Å². The van der Waals surface area contributed by atoms with E-state index < -0.39 is 0 Å². The molecule has 2 rings (SSSR count). The van der Waals surface area contributed by atoms with Gasteiger partial charge in [-0.25, -0.2) is 0 Å². The zero-order chi connectivity index (χ0) is 12.5. The zero-order valence-corrected chi connectivity index (χ0v) is 11.8. The fourth-order valence-electron chi connectivity index (χ4n) is 3.13. The van der Waals surface area contributed by atoms with Crippen molar-refractivity contribution in [3.8, 4) is 0 Å². The molecule has 0 aromatic heterocycles. The first kappa shape index (κ1) is 12.9. The molecule has 0 radical (unpaired) electrons. The number of piperidine rings is 1. The van der Waals surface area contributed by atoms with Gasteiger partial charge in [0.2, 0.25) is 0 Å². The maximum Gasteiger partial charge on any atom is 0.111 e. The van der Waals surface area contributed by atoms with E-state index in [0.29, 0.717) is 11.8 Å². The Labute approximate surface area is 106 Å². The van der Waals surface area contributed by atoms with Crippen LogP contribution in [0.3, 0.4) is 0 Å². The summed E-state index contributed by atoms with van der Waals surface area (Å²) in [5.74, 6) is 2.46. The van der Waals surface area contributed by atoms with Crippen molar-refractivity contribution in [3.63, 3.8) is 0 Å². The lowest BCUT2D eigenvalue weighted by Crippen LogP contribution is -2.46. The summed E-state index contributed by atoms with van der Waals surface area (Å²) in [6, 6.07) is 0. The van der Waals surface area contributed by atoms with Crippen molar-refractivity contribution in [3.05, 3.63) is 11.3 Å². The van der Waals surface area contributed by atoms with Gasteiger partial charge in [0.25, 0.3) is 0 Å². The lowest BCUT2D eigenvalue weighted by atomic mass is 9.80. The molecule has 2 nitrogen and oxygen atoms in total. The second-order valence-corrected chi connectivity index (χ2v) is 6.23. The Kier molecular flexibility index (Phi) is 3.82. The first-order valence-electron chi connectivity index (χ1n) is 7.17. The largest absolute Gasteiger partial charge is 0.491 e. The number of hydrogen-bond acceptors (Lipinski definition) is 2. The van der Waals surface area contributed by atoms with E-state index in [1.165, 1.54) is 31.4 Å². The predicted octanol–water partition coefficient (Wildman–Crippen LogP) is 3.49. The summed E-state index contributed by atoms with van der Waals surface area (Å²) >= 11 is 0. The van der Waals surface area contributed by atoms with E-state index in [-0.39, 0.29) is 5.60 Å². The monoisotopic (exact) mass is 237 g/mol. The molecule has 0 atom stereocenters. The molecule has 1 N–H and O–H groups in total. The molecule has 0 aromatic carbocycles. The van der Waals surface area contributed by atoms with Gasteiger partial charge in [-0.2, -0.15) is 0 Å². The van der Waals surface area contributed by atoms with E-state index in [1.807, 2.05) is 0 Å². The molecule has 2 aliphatic heterocycles. The summed E-state index contributed by atoms with van der Waals surface area (Å²) in [5.41, 5.74) is 1.72. The van der Waals surface area contributed by atoms with E-state index >= 15 is 0 Å². The standard InChI is InChI=1S/C15H27NO/c1-11(2)13-5-6-15(7-9-16-10-8-15)17-14(13)12(3)4/h11-12,16H,5-10H2,1-4H3. The lowest BCUT2D eigenvalue weighted by Gasteiger charge is -2.44. The molecule has 0 unspecified atom stereocenters. The second kappa shape index (κ2) is 5.01. The van der Waals surface area contributed by atoms with Gasteiger partial charge in [0.05, 0.1) is 5.76 Å². The van der Waals surface area contributed by atoms with Crippen LogP contribution < -0.4 is 5.32 Å². The smallest absolute Gasteiger partial charge is 0.111 e. The van der Waals surface area contributed by atoms with E-state index in [0.717, 1.165) is 13.1 Å². The molecule has 1 fully saturated rings. The molecule has 1 saturated heterocycles. The van der Waals surface area contributed by atoms with E-state index in [2.05, 4.69) is 33.0 Å². The number of ether oxygens (including phenoxy) is 1. The fourth-order valence-corrected chi connectivity index (χ4v) is 3.13. The van der Waals surface area contributed by atoms with Gasteiger partial charge in [0.15, 0.2) is 0 Å². The van der Waals surface area contributed by atoms with E-state index in [4.69, 9.17) is 4.74 Å². The van der Waals surface area contributed by atoms with Crippen LogP contribution in [0.15, 0.2) is 11.3 Å². The van der Waals surface area contributed by atoms with Crippen molar-refractivity contribution in [2.75, 3.05) is 13.1 Å². The minimum Gasteiger partial charge on any atom is -0.491 e. The Balaban J connectivity index is 2.20. The van der Waals surface area contributed by atoms with Crippen LogP contribution in [0.1, 0.15) is 53.4 Å². The molecule has 0 amide bonds. The van der Waals surface area contributed by atoms with E-state index in [9.17, 15) is 0 Å². The van der Waals surface area contributed by atoms with Crippen molar-refractivity contribution >= 4 is 0 Å². The molecule has 0 saturated carbocycles. The Bertz CT molecular complexity index is 298. The topological polar surface area (TPSA) is 21.3 Å². The van der Waals surface area contributed by atoms with Crippen LogP contribution in [-0.2, 0) is 4.74 Å². The third kappa shape index (κ3) is 2.67. The first-order chi connectivity index (χ1) is 8.04. The zero-order valence-electron chi connectivity index (χ0n) is 11.8. The quantitative estimate of drug-likeness (QED) is 0.794. The highest BCUT2D eigenvalue weighted by molar-refractivity contribution is 5.18. The predicted molar refractivity (Wildman–Crippen MR) is 71.9 cm³/mol. The normalized spacial score (nSPS) is 24.6. The van der Waals surface area contributed by atoms with Crippen LogP contribution in [0.2, 0.25) is 0 Å². The molecule has 2 heterocycles. The third-order valence-electron chi connectivity index (χ3n) is 4.23. The number of nitrogens with one attached hydrogen (secondary N) is 1. The van der Waals surface area contributed by atoms with Crippen LogP contribution >= 0.6 is 0 Å². The van der Waals surface area contributed by atoms with Crippen molar-refractivity contribution < 1.29 is 4.74 Å². The van der Waals surface area contributed by atoms with Crippen molar-refractivity contribution in [1.82, 2.24) is 5.32 Å². The van der Waals surface area contributed by atoms with Gasteiger partial charge in [0, 0.05) is 5.92 Å². The second-order valence-electron chi connectivity index (χ2n) is 6.23. The van der Waals surface area contributed by atoms with Gasteiger partial charge in [-0.3, -0.25) is 0 Å². The summed E-state index contributed by atoms with van der Waals surface area (Å²) in [7, 11) is 0. The minimum absolute atomic E-state index is 0.156. The van der Waals surface area contributed by atoms with E-state index in [1.54, 1.807) is 5.57 Å². The Hall–Kier alpha value is -0.500. The lowest BCUT2D eigenvalue weighted by molar-refractivity contribution is -0.0537. The molecule has 98 valence electrons. The molecule has 1 spiro atoms. The maximum atomic E-state index is 6.49. The molecule has 0 bridgehead atoms. The Morgan fingerprint density at radius 3 is 2.18 bits per heavy atom. The SMILES string of the molecule is CC(C)C1=C(C(C)C)OC2(CCNCC2)CC1. The van der Waals surface area contributed by atoms with Gasteiger partial charge < -0.3 is 10.1 Å². The summed E-state index contributed by atoms with van der Waals surface area (Å²) < 4.78 is 6.49. The molecular formula is C15H27NO. The van der Waals surface area contributed by atoms with Crippen LogP contribution in [0, 0.1) is 11.8 Å². The summed E-state index contributed by atoms with van der Waals surface area (Å²) in [6.07, 6.45) is 4.81. The van der Waals surface area contributed by atoms with Gasteiger partial charge >= 0.3 is 0 Å². The number of rotatable bonds is 2. The molecule has 17 heavy (non-hydrogen) atoms. The highest BCUT2D eigenvalue weighted by Gasteiger charge is 2.39. The average molecular weight is 237 g/mol. The maximum absolute atomic E-state index is 6.49. The van der Waals surface area contributed by atoms with Gasteiger partial charge in [-0.05, 0) is 50.3 Å². The average Bonchev–Trinajstić information content (AvgIpc) is 2.29. The van der Waals surface area contributed by atoms with Crippen molar-refractivity contribution in [2.45, 2.75) is 59.0 Å². The van der Waals surface area contributed by atoms with Crippen LogP contribution in [0.25, 0.3) is 0 Å². The first-order valence-corrected chi connectivity index (χ1v) is 7.17. The summed E-state index contributed by atoms with van der Waals surface area (Å²) in [5, 5.41) is 3.44. The van der Waals surface area contributed by atoms with Crippen LogP contribution in [-0.4, -0.2) is 18.7 Å². The molecule has 2 aliphatic rings. The number of allylic oxidation sites excluding steroid dienone is 2. The van der Waals surface area contributed by atoms with Crippen molar-refractivity contribution in [2.24, 2.45) is 11.8 Å².